The van der Waals surface area contributed by atoms with E-state index in [9.17, 15) is 19.8 Å². The third kappa shape index (κ3) is 4.53. The number of nitrogens with one attached hydrogen (secondary N) is 2. The Morgan fingerprint density at radius 1 is 1.00 bits per heavy atom. The van der Waals surface area contributed by atoms with Crippen LogP contribution in [0.4, 0.5) is 0 Å². The number of nitrogens with zero attached hydrogens (tertiary/aromatic N) is 1. The number of hydrogen-bond acceptors (Lipinski definition) is 5. The Balaban J connectivity index is 1.15. The van der Waals surface area contributed by atoms with Crippen molar-refractivity contribution in [1.29, 1.82) is 0 Å². The molecule has 3 aliphatic heterocycles. The van der Waals surface area contributed by atoms with Gasteiger partial charge in [-0.05, 0) is 67.5 Å². The van der Waals surface area contributed by atoms with Gasteiger partial charge in [-0.3, -0.25) is 9.59 Å². The van der Waals surface area contributed by atoms with Crippen LogP contribution < -0.4 is 10.6 Å². The molecule has 33 heavy (non-hydrogen) atoms. The van der Waals surface area contributed by atoms with Gasteiger partial charge in [0.05, 0.1) is 12.2 Å². The summed E-state index contributed by atoms with van der Waals surface area (Å²) in [6, 6.07) is 15.0. The van der Waals surface area contributed by atoms with Crippen molar-refractivity contribution < 1.29 is 19.8 Å². The molecule has 7 heteroatoms. The molecule has 0 saturated carbocycles. The average molecular weight is 450 g/mol. The van der Waals surface area contributed by atoms with E-state index < -0.39 is 6.10 Å². The Hall–Kier alpha value is -2.74. The van der Waals surface area contributed by atoms with Gasteiger partial charge in [0, 0.05) is 42.3 Å². The van der Waals surface area contributed by atoms with Gasteiger partial charge in [0.15, 0.2) is 0 Å². The molecular weight excluding hydrogens is 418 g/mol. The van der Waals surface area contributed by atoms with Crippen LogP contribution in [0.5, 0.6) is 0 Å². The van der Waals surface area contributed by atoms with Crippen molar-refractivity contribution in [2.24, 2.45) is 0 Å². The minimum atomic E-state index is -0.701. The smallest absolute Gasteiger partial charge is 0.254 e. The third-order valence-corrected chi connectivity index (χ3v) is 7.39. The van der Waals surface area contributed by atoms with Crippen LogP contribution in [0.2, 0.25) is 0 Å². The number of carbonyl (C=O) groups is 2. The van der Waals surface area contributed by atoms with Crippen molar-refractivity contribution >= 4 is 11.8 Å². The molecule has 3 aliphatic rings. The minimum absolute atomic E-state index is 0.0274. The number of aliphatic hydroxyl groups is 2. The summed E-state index contributed by atoms with van der Waals surface area (Å²) in [5.74, 6) is -0.300. The van der Waals surface area contributed by atoms with Crippen molar-refractivity contribution in [2.45, 2.75) is 69.0 Å². The largest absolute Gasteiger partial charge is 0.393 e. The van der Waals surface area contributed by atoms with Crippen LogP contribution in [0.1, 0.15) is 57.5 Å². The van der Waals surface area contributed by atoms with E-state index in [0.717, 1.165) is 19.3 Å². The molecule has 2 fully saturated rings. The second kappa shape index (κ2) is 9.25. The van der Waals surface area contributed by atoms with Gasteiger partial charge in [-0.2, -0.15) is 0 Å². The van der Waals surface area contributed by atoms with E-state index in [1.165, 1.54) is 11.1 Å². The van der Waals surface area contributed by atoms with Gasteiger partial charge in [0.25, 0.3) is 11.8 Å². The number of carbonyl (C=O) groups excluding carboxylic acids is 2. The molecule has 0 aliphatic carbocycles. The van der Waals surface area contributed by atoms with Gasteiger partial charge < -0.3 is 25.7 Å². The van der Waals surface area contributed by atoms with Crippen LogP contribution in [0.25, 0.3) is 0 Å². The fourth-order valence-corrected chi connectivity index (χ4v) is 5.59. The fraction of sp³-hybridized carbons (Fsp3) is 0.462. The van der Waals surface area contributed by atoms with E-state index in [4.69, 9.17) is 0 Å². The zero-order valence-corrected chi connectivity index (χ0v) is 18.6. The maximum absolute atomic E-state index is 13.0. The van der Waals surface area contributed by atoms with E-state index in [1.54, 1.807) is 24.3 Å². The van der Waals surface area contributed by atoms with Gasteiger partial charge in [-0.25, -0.2) is 0 Å². The van der Waals surface area contributed by atoms with E-state index in [0.29, 0.717) is 30.5 Å². The minimum Gasteiger partial charge on any atom is -0.393 e. The van der Waals surface area contributed by atoms with Gasteiger partial charge in [-0.1, -0.05) is 24.3 Å². The molecule has 2 amide bonds. The second-order valence-corrected chi connectivity index (χ2v) is 9.54. The Labute approximate surface area is 193 Å². The molecule has 174 valence electrons. The van der Waals surface area contributed by atoms with E-state index in [1.807, 2.05) is 17.0 Å². The molecule has 3 heterocycles. The van der Waals surface area contributed by atoms with Crippen LogP contribution in [-0.2, 0) is 13.0 Å². The number of rotatable bonds is 5. The van der Waals surface area contributed by atoms with Crippen molar-refractivity contribution in [2.75, 3.05) is 6.54 Å². The summed E-state index contributed by atoms with van der Waals surface area (Å²) >= 11 is 0. The molecular formula is C26H31N3O4. The predicted molar refractivity (Wildman–Crippen MR) is 124 cm³/mol. The predicted octanol–water partition coefficient (Wildman–Crippen LogP) is 1.62. The van der Waals surface area contributed by atoms with Gasteiger partial charge in [0.2, 0.25) is 0 Å². The first-order chi connectivity index (χ1) is 16.0. The lowest BCUT2D eigenvalue weighted by atomic mass is 9.93. The van der Waals surface area contributed by atoms with Crippen molar-refractivity contribution in [1.82, 2.24) is 15.5 Å². The molecule has 0 aromatic heterocycles. The Morgan fingerprint density at radius 3 is 2.33 bits per heavy atom. The number of amides is 2. The first-order valence-electron chi connectivity index (χ1n) is 11.9. The highest BCUT2D eigenvalue weighted by Crippen LogP contribution is 2.36. The van der Waals surface area contributed by atoms with Crippen molar-refractivity contribution in [3.05, 3.63) is 70.8 Å². The molecule has 2 bridgehead atoms. The number of aliphatic hydroxyl groups excluding tert-OH is 2. The lowest BCUT2D eigenvalue weighted by molar-refractivity contribution is 0.0286. The fourth-order valence-electron chi connectivity index (χ4n) is 5.59. The van der Waals surface area contributed by atoms with Crippen LogP contribution in [0.3, 0.4) is 0 Å². The van der Waals surface area contributed by atoms with Gasteiger partial charge >= 0.3 is 0 Å². The SMILES string of the molecule is O=C(NC[C@@H](O)[C@@H]1Cc2ccccc2CN1)c1ccc(C(=O)N2C3CCC2CC(O)C3)cc1. The summed E-state index contributed by atoms with van der Waals surface area (Å²) in [6.07, 6.45) is 2.88. The summed E-state index contributed by atoms with van der Waals surface area (Å²) in [7, 11) is 0. The topological polar surface area (TPSA) is 102 Å². The normalized spacial score (nSPS) is 27.0. The zero-order valence-electron chi connectivity index (χ0n) is 18.6. The Bertz CT molecular complexity index is 1010. The molecule has 0 radical (unpaired) electrons. The second-order valence-electron chi connectivity index (χ2n) is 9.54. The van der Waals surface area contributed by atoms with Gasteiger partial charge in [-0.15, -0.1) is 0 Å². The first kappa shape index (κ1) is 22.1. The molecule has 5 rings (SSSR count). The highest BCUT2D eigenvalue weighted by atomic mass is 16.3. The van der Waals surface area contributed by atoms with Crippen LogP contribution in [-0.4, -0.2) is 63.8 Å². The highest BCUT2D eigenvalue weighted by Gasteiger charge is 2.42. The molecule has 2 aromatic rings. The third-order valence-electron chi connectivity index (χ3n) is 7.39. The van der Waals surface area contributed by atoms with Crippen LogP contribution >= 0.6 is 0 Å². The highest BCUT2D eigenvalue weighted by molar-refractivity contribution is 5.98. The van der Waals surface area contributed by atoms with Crippen molar-refractivity contribution in [3.8, 4) is 0 Å². The summed E-state index contributed by atoms with van der Waals surface area (Å²) < 4.78 is 0. The molecule has 4 atom stereocenters. The summed E-state index contributed by atoms with van der Waals surface area (Å²) in [4.78, 5) is 27.6. The molecule has 2 aromatic carbocycles. The van der Waals surface area contributed by atoms with Crippen LogP contribution in [0.15, 0.2) is 48.5 Å². The molecule has 4 N–H and O–H groups in total. The van der Waals surface area contributed by atoms with Crippen molar-refractivity contribution in [3.63, 3.8) is 0 Å². The Kier molecular flexibility index (Phi) is 6.19. The molecule has 2 saturated heterocycles. The van der Waals surface area contributed by atoms with Gasteiger partial charge in [0.1, 0.15) is 0 Å². The maximum atomic E-state index is 13.0. The molecule has 7 nitrogen and oxygen atoms in total. The number of hydrogen-bond donors (Lipinski definition) is 4. The molecule has 2 unspecified atom stereocenters. The average Bonchev–Trinajstić information content (AvgIpc) is 3.12. The number of benzene rings is 2. The maximum Gasteiger partial charge on any atom is 0.254 e. The monoisotopic (exact) mass is 449 g/mol. The first-order valence-corrected chi connectivity index (χ1v) is 11.9. The van der Waals surface area contributed by atoms with E-state index in [2.05, 4.69) is 22.8 Å². The number of piperidine rings is 1. The molecule has 0 spiro atoms. The van der Waals surface area contributed by atoms with Crippen LogP contribution in [0, 0.1) is 0 Å². The number of fused-ring (bicyclic) bond motifs is 3. The lowest BCUT2D eigenvalue weighted by Crippen LogP contribution is -2.49. The quantitative estimate of drug-likeness (QED) is 0.556. The van der Waals surface area contributed by atoms with E-state index in [-0.39, 0.29) is 42.6 Å². The zero-order chi connectivity index (χ0) is 22.9. The summed E-state index contributed by atoms with van der Waals surface area (Å²) in [5, 5.41) is 26.7. The Morgan fingerprint density at radius 2 is 1.64 bits per heavy atom. The lowest BCUT2D eigenvalue weighted by Gasteiger charge is -2.37. The standard InChI is InChI=1S/C26H31N3O4/c30-22-12-20-9-10-21(13-22)29(20)26(33)17-7-5-16(6-8-17)25(32)28-15-24(31)23-11-18-3-1-2-4-19(18)14-27-23/h1-8,20-24,27,30-31H,9-15H2,(H,28,32)/t20?,21?,22?,23-,24+/m0/s1. The summed E-state index contributed by atoms with van der Waals surface area (Å²) in [5.41, 5.74) is 3.49. The van der Waals surface area contributed by atoms with E-state index >= 15 is 0 Å². The summed E-state index contributed by atoms with van der Waals surface area (Å²) in [6.45, 7) is 0.859.